The highest BCUT2D eigenvalue weighted by molar-refractivity contribution is 7.89. The first kappa shape index (κ1) is 19.7. The Kier molecular flexibility index (Phi) is 5.87. The highest BCUT2D eigenvalue weighted by Gasteiger charge is 2.31. The fraction of sp³-hybridized carbons (Fsp3) is 0.250. The molecule has 0 aliphatic rings. The van der Waals surface area contributed by atoms with Gasteiger partial charge in [-0.15, -0.1) is 0 Å². The van der Waals surface area contributed by atoms with E-state index in [1.807, 2.05) is 37.3 Å². The van der Waals surface area contributed by atoms with Crippen LogP contribution >= 0.6 is 0 Å². The Morgan fingerprint density at radius 2 is 1.58 bits per heavy atom. The first-order chi connectivity index (χ1) is 12.1. The Morgan fingerprint density at radius 3 is 2.12 bits per heavy atom. The summed E-state index contributed by atoms with van der Waals surface area (Å²) in [6.45, 7) is 6.91. The maximum atomic E-state index is 13.0. The molecule has 0 bridgehead atoms. The van der Waals surface area contributed by atoms with E-state index < -0.39 is 21.7 Å². The van der Waals surface area contributed by atoms with Crippen molar-refractivity contribution in [1.82, 2.24) is 4.31 Å². The van der Waals surface area contributed by atoms with Crippen LogP contribution in [0.5, 0.6) is 0 Å². The molecule has 0 radical (unpaired) electrons. The molecule has 0 saturated heterocycles. The fourth-order valence-electron chi connectivity index (χ4n) is 2.09. The highest BCUT2D eigenvalue weighted by Crippen LogP contribution is 2.21. The van der Waals surface area contributed by atoms with Crippen LogP contribution in [0, 0.1) is 6.92 Å². The van der Waals surface area contributed by atoms with E-state index >= 15 is 0 Å². The molecule has 0 fully saturated rings. The predicted molar refractivity (Wildman–Crippen MR) is 102 cm³/mol. The van der Waals surface area contributed by atoms with Gasteiger partial charge in [0.25, 0.3) is 10.0 Å². The van der Waals surface area contributed by atoms with Crippen LogP contribution in [0.4, 0.5) is 4.79 Å². The Hall–Kier alpha value is -2.60. The van der Waals surface area contributed by atoms with Crippen LogP contribution < -0.4 is 0 Å². The summed E-state index contributed by atoms with van der Waals surface area (Å²) in [4.78, 5) is 12.6. The van der Waals surface area contributed by atoms with E-state index in [1.165, 1.54) is 18.3 Å². The number of hydrogen-bond acceptors (Lipinski definition) is 4. The number of hydrogen-bond donors (Lipinski definition) is 0. The van der Waals surface area contributed by atoms with Crippen molar-refractivity contribution in [3.8, 4) is 0 Å². The monoisotopic (exact) mass is 373 g/mol. The second-order valence-electron chi connectivity index (χ2n) is 6.82. The standard InChI is InChI=1S/C20H23NO4S/c1-16-10-12-18(13-11-16)26(23,24)21(19(22)25-20(2,3)4)15-14-17-8-6-5-7-9-17/h5-15H,1-4H3/b15-14+. The van der Waals surface area contributed by atoms with Gasteiger partial charge in [-0.05, 0) is 51.5 Å². The summed E-state index contributed by atoms with van der Waals surface area (Å²) in [5.41, 5.74) is 0.867. The zero-order valence-corrected chi connectivity index (χ0v) is 16.2. The molecule has 0 spiro atoms. The Labute approximate surface area is 155 Å². The molecule has 138 valence electrons. The lowest BCUT2D eigenvalue weighted by atomic mass is 10.2. The molecule has 0 aliphatic heterocycles. The minimum absolute atomic E-state index is 0.0201. The minimum atomic E-state index is -4.09. The van der Waals surface area contributed by atoms with E-state index in [4.69, 9.17) is 4.74 Å². The Bertz CT molecular complexity index is 880. The number of benzene rings is 2. The van der Waals surface area contributed by atoms with Gasteiger partial charge in [0.05, 0.1) is 4.90 Å². The third kappa shape index (κ3) is 5.20. The molecule has 0 unspecified atom stereocenters. The number of aryl methyl sites for hydroxylation is 1. The SMILES string of the molecule is Cc1ccc(S(=O)(=O)N(/C=C/c2ccccc2)C(=O)OC(C)(C)C)cc1. The van der Waals surface area contributed by atoms with Gasteiger partial charge in [-0.2, -0.15) is 4.31 Å². The number of nitrogens with zero attached hydrogens (tertiary/aromatic N) is 1. The van der Waals surface area contributed by atoms with Gasteiger partial charge in [0.15, 0.2) is 0 Å². The molecule has 2 rings (SSSR count). The molecule has 1 amide bonds. The summed E-state index contributed by atoms with van der Waals surface area (Å²) in [7, 11) is -4.09. The van der Waals surface area contributed by atoms with Crippen molar-refractivity contribution in [2.24, 2.45) is 0 Å². The van der Waals surface area contributed by atoms with Gasteiger partial charge >= 0.3 is 6.09 Å². The summed E-state index contributed by atoms with van der Waals surface area (Å²) in [5, 5.41) is 0. The molecule has 26 heavy (non-hydrogen) atoms. The van der Waals surface area contributed by atoms with Crippen molar-refractivity contribution in [2.45, 2.75) is 38.2 Å². The Morgan fingerprint density at radius 1 is 1.00 bits per heavy atom. The van der Waals surface area contributed by atoms with Gasteiger partial charge in [0, 0.05) is 6.20 Å². The topological polar surface area (TPSA) is 63.7 Å². The van der Waals surface area contributed by atoms with Crippen molar-refractivity contribution in [3.05, 3.63) is 71.9 Å². The van der Waals surface area contributed by atoms with Gasteiger partial charge in [0.1, 0.15) is 5.60 Å². The second-order valence-corrected chi connectivity index (χ2v) is 8.64. The molecule has 0 atom stereocenters. The van der Waals surface area contributed by atoms with E-state index in [-0.39, 0.29) is 4.90 Å². The van der Waals surface area contributed by atoms with Gasteiger partial charge < -0.3 is 4.74 Å². The van der Waals surface area contributed by atoms with Crippen molar-refractivity contribution >= 4 is 22.2 Å². The van der Waals surface area contributed by atoms with Gasteiger partial charge in [-0.1, -0.05) is 48.0 Å². The van der Waals surface area contributed by atoms with Crippen LogP contribution in [0.1, 0.15) is 31.9 Å². The number of sulfonamides is 1. The van der Waals surface area contributed by atoms with Crippen LogP contribution in [0.2, 0.25) is 0 Å². The maximum absolute atomic E-state index is 13.0. The van der Waals surface area contributed by atoms with E-state index in [1.54, 1.807) is 39.0 Å². The van der Waals surface area contributed by atoms with Crippen LogP contribution in [0.3, 0.4) is 0 Å². The largest absolute Gasteiger partial charge is 0.443 e. The van der Waals surface area contributed by atoms with Crippen molar-refractivity contribution in [1.29, 1.82) is 0 Å². The zero-order chi connectivity index (χ0) is 19.4. The van der Waals surface area contributed by atoms with E-state index in [0.717, 1.165) is 11.1 Å². The van der Waals surface area contributed by atoms with Crippen LogP contribution in [0.25, 0.3) is 6.08 Å². The second kappa shape index (κ2) is 7.74. The smallest absolute Gasteiger partial charge is 0.428 e. The number of carbonyl (C=O) groups is 1. The summed E-state index contributed by atoms with van der Waals surface area (Å²) in [6, 6.07) is 15.4. The van der Waals surface area contributed by atoms with Crippen LogP contribution in [-0.4, -0.2) is 24.4 Å². The molecule has 2 aromatic carbocycles. The van der Waals surface area contributed by atoms with Crippen molar-refractivity contribution in [2.75, 3.05) is 0 Å². The summed E-state index contributed by atoms with van der Waals surface area (Å²) >= 11 is 0. The molecule has 0 saturated carbocycles. The van der Waals surface area contributed by atoms with Gasteiger partial charge in [-0.3, -0.25) is 0 Å². The fourth-order valence-corrected chi connectivity index (χ4v) is 3.25. The lowest BCUT2D eigenvalue weighted by molar-refractivity contribution is 0.0443. The first-order valence-corrected chi connectivity index (χ1v) is 9.61. The van der Waals surface area contributed by atoms with Crippen LogP contribution in [0.15, 0.2) is 65.7 Å². The average Bonchev–Trinajstić information content (AvgIpc) is 2.54. The normalized spacial score (nSPS) is 12.2. The summed E-state index contributed by atoms with van der Waals surface area (Å²) < 4.78 is 31.8. The minimum Gasteiger partial charge on any atom is -0.443 e. The number of amides is 1. The molecule has 0 heterocycles. The molecular formula is C20H23NO4S. The molecular weight excluding hydrogens is 350 g/mol. The zero-order valence-electron chi connectivity index (χ0n) is 15.3. The van der Waals surface area contributed by atoms with Gasteiger partial charge in [-0.25, -0.2) is 13.2 Å². The number of carbonyl (C=O) groups excluding carboxylic acids is 1. The third-order valence-corrected chi connectivity index (χ3v) is 5.01. The highest BCUT2D eigenvalue weighted by atomic mass is 32.2. The lowest BCUT2D eigenvalue weighted by Crippen LogP contribution is -2.37. The van der Waals surface area contributed by atoms with E-state index in [9.17, 15) is 13.2 Å². The summed E-state index contributed by atoms with van der Waals surface area (Å²) in [5.74, 6) is 0. The van der Waals surface area contributed by atoms with Crippen molar-refractivity contribution in [3.63, 3.8) is 0 Å². The summed E-state index contributed by atoms with van der Waals surface area (Å²) in [6.07, 6.45) is 1.82. The Balaban J connectivity index is 2.43. The predicted octanol–water partition coefficient (Wildman–Crippen LogP) is 4.59. The van der Waals surface area contributed by atoms with Crippen LogP contribution in [-0.2, 0) is 14.8 Å². The van der Waals surface area contributed by atoms with Crippen molar-refractivity contribution < 1.29 is 17.9 Å². The average molecular weight is 373 g/mol. The first-order valence-electron chi connectivity index (χ1n) is 8.17. The molecule has 0 N–H and O–H groups in total. The molecule has 0 aromatic heterocycles. The van der Waals surface area contributed by atoms with E-state index in [0.29, 0.717) is 4.31 Å². The molecule has 0 aliphatic carbocycles. The third-order valence-electron chi connectivity index (χ3n) is 3.35. The van der Waals surface area contributed by atoms with E-state index in [2.05, 4.69) is 0 Å². The molecule has 6 heteroatoms. The lowest BCUT2D eigenvalue weighted by Gasteiger charge is -2.25. The number of rotatable bonds is 4. The molecule has 5 nitrogen and oxygen atoms in total. The van der Waals surface area contributed by atoms with Gasteiger partial charge in [0.2, 0.25) is 0 Å². The quantitative estimate of drug-likeness (QED) is 0.786. The maximum Gasteiger partial charge on any atom is 0.428 e. The molecule has 2 aromatic rings. The number of ether oxygens (including phenoxy) is 1.